The molecule has 0 spiro atoms. The second-order valence-electron chi connectivity index (χ2n) is 5.11. The van der Waals surface area contributed by atoms with Crippen LogP contribution in [0.4, 0.5) is 5.69 Å². The van der Waals surface area contributed by atoms with Crippen molar-refractivity contribution in [3.05, 3.63) is 28.8 Å². The smallest absolute Gasteiger partial charge is 0.0474 e. The van der Waals surface area contributed by atoms with Gasteiger partial charge in [-0.15, -0.1) is 0 Å². The number of hydrogen-bond donors (Lipinski definition) is 1. The minimum absolute atomic E-state index is 0.308. The highest BCUT2D eigenvalue weighted by Gasteiger charge is 2.18. The molecule has 0 amide bonds. The van der Waals surface area contributed by atoms with Crippen LogP contribution in [0.25, 0.3) is 0 Å². The van der Waals surface area contributed by atoms with Gasteiger partial charge in [0, 0.05) is 40.8 Å². The van der Waals surface area contributed by atoms with Crippen molar-refractivity contribution in [1.82, 2.24) is 5.32 Å². The van der Waals surface area contributed by atoms with Gasteiger partial charge in [0.25, 0.3) is 0 Å². The van der Waals surface area contributed by atoms with Gasteiger partial charge in [0.05, 0.1) is 0 Å². The fraction of sp³-hybridized carbons (Fsp3) is 0.600. The Morgan fingerprint density at radius 2 is 2.32 bits per heavy atom. The fourth-order valence-electron chi connectivity index (χ4n) is 2.53. The summed E-state index contributed by atoms with van der Waals surface area (Å²) in [6.45, 7) is 9.76. The summed E-state index contributed by atoms with van der Waals surface area (Å²) in [6.07, 6.45) is 0. The molecule has 1 aliphatic heterocycles. The van der Waals surface area contributed by atoms with E-state index < -0.39 is 0 Å². The van der Waals surface area contributed by atoms with Crippen molar-refractivity contribution in [2.75, 3.05) is 30.3 Å². The van der Waals surface area contributed by atoms with E-state index in [1.54, 1.807) is 0 Å². The molecular formula is C15H23ClN2S. The van der Waals surface area contributed by atoms with Crippen LogP contribution in [0, 0.1) is 0 Å². The number of nitrogens with zero attached hydrogens (tertiary/aromatic N) is 1. The summed E-state index contributed by atoms with van der Waals surface area (Å²) in [5.41, 5.74) is 2.44. The van der Waals surface area contributed by atoms with E-state index in [1.807, 2.05) is 0 Å². The number of hydrogen-bond acceptors (Lipinski definition) is 3. The molecule has 19 heavy (non-hydrogen) atoms. The molecule has 1 fully saturated rings. The molecule has 2 nitrogen and oxygen atoms in total. The summed E-state index contributed by atoms with van der Waals surface area (Å²) in [7, 11) is 0. The normalized spacial score (nSPS) is 21.5. The van der Waals surface area contributed by atoms with Gasteiger partial charge in [-0.1, -0.05) is 31.5 Å². The van der Waals surface area contributed by atoms with Crippen molar-refractivity contribution < 1.29 is 0 Å². The van der Waals surface area contributed by atoms with E-state index in [0.717, 1.165) is 24.7 Å². The molecule has 1 aliphatic rings. The number of halogens is 1. The third kappa shape index (κ3) is 3.80. The predicted octanol–water partition coefficient (Wildman–Crippen LogP) is 3.95. The van der Waals surface area contributed by atoms with Crippen molar-refractivity contribution in [2.45, 2.75) is 32.1 Å². The Labute approximate surface area is 125 Å². The van der Waals surface area contributed by atoms with Crippen LogP contribution in [-0.4, -0.2) is 30.6 Å². The van der Waals surface area contributed by atoms with Crippen LogP contribution < -0.4 is 10.2 Å². The van der Waals surface area contributed by atoms with Crippen molar-refractivity contribution in [1.29, 1.82) is 0 Å². The molecule has 1 heterocycles. The van der Waals surface area contributed by atoms with E-state index in [4.69, 9.17) is 11.6 Å². The fourth-order valence-corrected chi connectivity index (χ4v) is 3.88. The lowest BCUT2D eigenvalue weighted by Gasteiger charge is -2.32. The van der Waals surface area contributed by atoms with E-state index in [2.05, 4.69) is 60.9 Å². The second kappa shape index (κ2) is 6.87. The van der Waals surface area contributed by atoms with Gasteiger partial charge in [0.2, 0.25) is 0 Å². The van der Waals surface area contributed by atoms with Gasteiger partial charge in [-0.2, -0.15) is 11.8 Å². The van der Waals surface area contributed by atoms with E-state index in [1.165, 1.54) is 17.0 Å². The first-order valence-corrected chi connectivity index (χ1v) is 8.44. The lowest BCUT2D eigenvalue weighted by atomic mass is 10.1. The van der Waals surface area contributed by atoms with Gasteiger partial charge in [-0.3, -0.25) is 0 Å². The van der Waals surface area contributed by atoms with Crippen LogP contribution in [0.5, 0.6) is 0 Å². The molecule has 1 aromatic rings. The summed E-state index contributed by atoms with van der Waals surface area (Å²) in [5.74, 6) is 1.20. The molecule has 4 heteroatoms. The van der Waals surface area contributed by atoms with E-state index in [0.29, 0.717) is 11.3 Å². The van der Waals surface area contributed by atoms with Gasteiger partial charge in [-0.25, -0.2) is 0 Å². The average molecular weight is 299 g/mol. The Balaban J connectivity index is 2.14. The zero-order chi connectivity index (χ0) is 13.8. The summed E-state index contributed by atoms with van der Waals surface area (Å²) < 4.78 is 0. The van der Waals surface area contributed by atoms with Crippen molar-refractivity contribution in [2.24, 2.45) is 0 Å². The second-order valence-corrected chi connectivity index (χ2v) is 7.07. The van der Waals surface area contributed by atoms with E-state index >= 15 is 0 Å². The van der Waals surface area contributed by atoms with Gasteiger partial charge in [-0.05, 0) is 31.2 Å². The van der Waals surface area contributed by atoms with Crippen LogP contribution in [0.1, 0.15) is 32.4 Å². The molecule has 2 atom stereocenters. The first kappa shape index (κ1) is 15.0. The number of rotatable bonds is 4. The van der Waals surface area contributed by atoms with Crippen LogP contribution in [0.3, 0.4) is 0 Å². The Morgan fingerprint density at radius 1 is 1.53 bits per heavy atom. The van der Waals surface area contributed by atoms with E-state index in [-0.39, 0.29) is 0 Å². The Hall–Kier alpha value is -0.380. The Morgan fingerprint density at radius 3 is 2.95 bits per heavy atom. The topological polar surface area (TPSA) is 15.3 Å². The van der Waals surface area contributed by atoms with Crippen molar-refractivity contribution >= 4 is 29.1 Å². The molecule has 0 saturated carbocycles. The summed E-state index contributed by atoms with van der Waals surface area (Å²) in [5, 5.41) is 4.98. The summed E-state index contributed by atoms with van der Waals surface area (Å²) in [4.78, 5) is 2.44. The van der Waals surface area contributed by atoms with Gasteiger partial charge in [0.15, 0.2) is 0 Å². The SMILES string of the molecule is CCNC(C)c1ccc(N2CCSC(C)C2)cc1Cl. The highest BCUT2D eigenvalue weighted by Crippen LogP contribution is 2.30. The van der Waals surface area contributed by atoms with Crippen molar-refractivity contribution in [3.63, 3.8) is 0 Å². The largest absolute Gasteiger partial charge is 0.370 e. The van der Waals surface area contributed by atoms with Gasteiger partial charge in [0.1, 0.15) is 0 Å². The third-order valence-electron chi connectivity index (χ3n) is 3.57. The van der Waals surface area contributed by atoms with Crippen LogP contribution in [0.2, 0.25) is 5.02 Å². The van der Waals surface area contributed by atoms with Crippen LogP contribution in [-0.2, 0) is 0 Å². The maximum Gasteiger partial charge on any atom is 0.0474 e. The Kier molecular flexibility index (Phi) is 5.43. The summed E-state index contributed by atoms with van der Waals surface area (Å²) >= 11 is 8.49. The van der Waals surface area contributed by atoms with Crippen LogP contribution in [0.15, 0.2) is 18.2 Å². The minimum atomic E-state index is 0.308. The maximum absolute atomic E-state index is 6.44. The summed E-state index contributed by atoms with van der Waals surface area (Å²) in [6, 6.07) is 6.80. The zero-order valence-electron chi connectivity index (χ0n) is 11.9. The molecule has 0 bridgehead atoms. The monoisotopic (exact) mass is 298 g/mol. The molecule has 1 aromatic carbocycles. The molecule has 0 aliphatic carbocycles. The zero-order valence-corrected chi connectivity index (χ0v) is 13.5. The molecule has 1 N–H and O–H groups in total. The van der Waals surface area contributed by atoms with Gasteiger partial charge < -0.3 is 10.2 Å². The standard InChI is InChI=1S/C15H23ClN2S/c1-4-17-12(3)14-6-5-13(9-15(14)16)18-7-8-19-11(2)10-18/h5-6,9,11-12,17H,4,7-8,10H2,1-3H3. The molecule has 2 rings (SSSR count). The number of benzene rings is 1. The maximum atomic E-state index is 6.44. The van der Waals surface area contributed by atoms with Crippen LogP contribution >= 0.6 is 23.4 Å². The quantitative estimate of drug-likeness (QED) is 0.906. The molecule has 0 radical (unpaired) electrons. The lowest BCUT2D eigenvalue weighted by Crippen LogP contribution is -2.36. The highest BCUT2D eigenvalue weighted by molar-refractivity contribution is 8.00. The van der Waals surface area contributed by atoms with Crippen molar-refractivity contribution in [3.8, 4) is 0 Å². The lowest BCUT2D eigenvalue weighted by molar-refractivity contribution is 0.598. The average Bonchev–Trinajstić information content (AvgIpc) is 2.38. The molecule has 1 saturated heterocycles. The number of nitrogens with one attached hydrogen (secondary N) is 1. The highest BCUT2D eigenvalue weighted by atomic mass is 35.5. The van der Waals surface area contributed by atoms with Gasteiger partial charge >= 0.3 is 0 Å². The molecule has 0 aromatic heterocycles. The van der Waals surface area contributed by atoms with E-state index in [9.17, 15) is 0 Å². The Bertz CT molecular complexity index is 425. The first-order chi connectivity index (χ1) is 9.11. The molecule has 106 valence electrons. The predicted molar refractivity (Wildman–Crippen MR) is 87.7 cm³/mol. The number of anilines is 1. The minimum Gasteiger partial charge on any atom is -0.370 e. The first-order valence-electron chi connectivity index (χ1n) is 7.01. The number of thioether (sulfide) groups is 1. The third-order valence-corrected chi connectivity index (χ3v) is 5.03. The molecule has 2 unspecified atom stereocenters. The molecular weight excluding hydrogens is 276 g/mol.